The third-order valence-corrected chi connectivity index (χ3v) is 5.15. The maximum atomic E-state index is 12.6. The highest BCUT2D eigenvalue weighted by molar-refractivity contribution is 5.99. The molecule has 0 bridgehead atoms. The van der Waals surface area contributed by atoms with Gasteiger partial charge in [-0.25, -0.2) is 9.18 Å². The van der Waals surface area contributed by atoms with Gasteiger partial charge in [-0.1, -0.05) is 0 Å². The third-order valence-electron chi connectivity index (χ3n) is 5.15. The van der Waals surface area contributed by atoms with Crippen LogP contribution in [0.1, 0.15) is 19.8 Å². The largest absolute Gasteiger partial charge is 0.477 e. The Morgan fingerprint density at radius 2 is 2.22 bits per heavy atom. The highest BCUT2D eigenvalue weighted by Gasteiger charge is 2.57. The number of likely N-dealkylation sites (tertiary alicyclic amines) is 1. The van der Waals surface area contributed by atoms with Crippen LogP contribution >= 0.6 is 0 Å². The van der Waals surface area contributed by atoms with Crippen LogP contribution in [0.4, 0.5) is 4.39 Å². The smallest absolute Gasteiger partial charge is 0.352 e. The minimum Gasteiger partial charge on any atom is -0.477 e. The molecule has 3 aliphatic rings. The maximum absolute atomic E-state index is 12.6. The van der Waals surface area contributed by atoms with Crippen molar-refractivity contribution in [2.24, 2.45) is 11.8 Å². The van der Waals surface area contributed by atoms with Gasteiger partial charge in [0.05, 0.1) is 18.1 Å². The van der Waals surface area contributed by atoms with E-state index in [2.05, 4.69) is 0 Å². The van der Waals surface area contributed by atoms with Crippen LogP contribution in [0.25, 0.3) is 0 Å². The fraction of sp³-hybridized carbons (Fsp3) is 0.667. The monoisotopic (exact) mass is 325 g/mol. The Morgan fingerprint density at radius 1 is 1.52 bits per heavy atom. The highest BCUT2D eigenvalue weighted by atomic mass is 19.1. The van der Waals surface area contributed by atoms with Crippen molar-refractivity contribution in [3.63, 3.8) is 0 Å². The van der Waals surface area contributed by atoms with E-state index < -0.39 is 24.7 Å². The molecule has 7 nitrogen and oxygen atoms in total. The number of hydrogen-bond acceptors (Lipinski definition) is 4. The molecule has 0 aromatic rings. The van der Waals surface area contributed by atoms with Crippen molar-refractivity contribution in [1.82, 2.24) is 9.80 Å². The summed E-state index contributed by atoms with van der Waals surface area (Å²) in [6.45, 7) is 1.62. The van der Waals surface area contributed by atoms with E-state index in [0.717, 1.165) is 0 Å². The minimum atomic E-state index is -1.14. The molecule has 23 heavy (non-hydrogen) atoms. The molecular formula is C15H20FN3O4. The number of carboxylic acids is 1. The Labute approximate surface area is 132 Å². The highest BCUT2D eigenvalue weighted by Crippen LogP contribution is 2.47. The quantitative estimate of drug-likeness (QED) is 0.389. The number of amides is 1. The first-order chi connectivity index (χ1) is 10.9. The lowest BCUT2D eigenvalue weighted by molar-refractivity contribution is -0.161. The second-order valence-electron chi connectivity index (χ2n) is 6.44. The van der Waals surface area contributed by atoms with Gasteiger partial charge in [0, 0.05) is 19.0 Å². The lowest BCUT2D eigenvalue weighted by atomic mass is 9.82. The van der Waals surface area contributed by atoms with Crippen LogP contribution in [0.15, 0.2) is 11.3 Å². The molecule has 3 N–H and O–H groups in total. The molecular weight excluding hydrogens is 305 g/mol. The van der Waals surface area contributed by atoms with Crippen LogP contribution in [-0.4, -0.2) is 69.6 Å². The number of fused-ring (bicyclic) bond motifs is 1. The number of alkyl halides is 1. The minimum absolute atomic E-state index is 0.0236. The number of nitrogens with zero attached hydrogens (tertiary/aromatic N) is 2. The van der Waals surface area contributed by atoms with Gasteiger partial charge in [-0.05, 0) is 25.3 Å². The van der Waals surface area contributed by atoms with Gasteiger partial charge in [-0.15, -0.1) is 0 Å². The number of carboxylic acid groups (broad SMARTS) is 1. The number of β-lactam (4-membered cyclic amide) rings is 1. The summed E-state index contributed by atoms with van der Waals surface area (Å²) in [5, 5.41) is 26.8. The number of aliphatic hydroxyl groups excluding tert-OH is 1. The van der Waals surface area contributed by atoms with E-state index in [4.69, 9.17) is 5.41 Å². The summed E-state index contributed by atoms with van der Waals surface area (Å²) in [7, 11) is 0. The van der Waals surface area contributed by atoms with Crippen molar-refractivity contribution in [1.29, 1.82) is 5.41 Å². The number of carbonyl (C=O) groups is 2. The molecule has 0 saturated carbocycles. The van der Waals surface area contributed by atoms with E-state index in [-0.39, 0.29) is 29.4 Å². The molecule has 0 unspecified atom stereocenters. The van der Waals surface area contributed by atoms with Crippen molar-refractivity contribution in [3.05, 3.63) is 11.3 Å². The molecule has 0 radical (unpaired) electrons. The Bertz CT molecular complexity index is 604. The van der Waals surface area contributed by atoms with Crippen molar-refractivity contribution >= 4 is 17.7 Å². The van der Waals surface area contributed by atoms with Crippen LogP contribution in [0.2, 0.25) is 0 Å². The fourth-order valence-corrected chi connectivity index (χ4v) is 4.04. The summed E-state index contributed by atoms with van der Waals surface area (Å²) in [6, 6.07) is -0.293. The number of aliphatic carboxylic acids is 1. The molecule has 0 aromatic carbocycles. The Morgan fingerprint density at radius 3 is 2.78 bits per heavy atom. The number of halogens is 1. The first-order valence-electron chi connectivity index (χ1n) is 7.72. The number of rotatable bonds is 4. The van der Waals surface area contributed by atoms with Crippen LogP contribution in [-0.2, 0) is 9.59 Å². The zero-order valence-corrected chi connectivity index (χ0v) is 12.8. The molecule has 0 aliphatic carbocycles. The third kappa shape index (κ3) is 2.32. The molecule has 126 valence electrons. The first kappa shape index (κ1) is 15.9. The first-order valence-corrected chi connectivity index (χ1v) is 7.72. The van der Waals surface area contributed by atoms with E-state index in [1.807, 2.05) is 0 Å². The zero-order chi connectivity index (χ0) is 16.9. The van der Waals surface area contributed by atoms with Gasteiger partial charge in [0.15, 0.2) is 0 Å². The molecule has 0 spiro atoms. The molecule has 4 atom stereocenters. The van der Waals surface area contributed by atoms with Gasteiger partial charge in [0.2, 0.25) is 5.91 Å². The number of amidine groups is 1. The summed E-state index contributed by atoms with van der Waals surface area (Å²) in [5.74, 6) is -2.23. The van der Waals surface area contributed by atoms with Gasteiger partial charge in [-0.2, -0.15) is 0 Å². The average Bonchev–Trinajstić information content (AvgIpc) is 3.08. The number of carbonyl (C=O) groups excluding carboxylic acids is 1. The molecule has 3 aliphatic heterocycles. The summed E-state index contributed by atoms with van der Waals surface area (Å²) in [4.78, 5) is 26.7. The Kier molecular flexibility index (Phi) is 3.87. The normalized spacial score (nSPS) is 31.3. The summed E-state index contributed by atoms with van der Waals surface area (Å²) >= 11 is 0. The molecule has 3 rings (SSSR count). The van der Waals surface area contributed by atoms with Crippen LogP contribution in [0, 0.1) is 17.2 Å². The summed E-state index contributed by atoms with van der Waals surface area (Å²) in [6.07, 6.45) is 0.269. The van der Waals surface area contributed by atoms with Gasteiger partial charge in [0.1, 0.15) is 18.2 Å². The average molecular weight is 325 g/mol. The van der Waals surface area contributed by atoms with E-state index in [9.17, 15) is 24.2 Å². The topological polar surface area (TPSA) is 105 Å². The van der Waals surface area contributed by atoms with Crippen molar-refractivity contribution < 1.29 is 24.2 Å². The predicted molar refractivity (Wildman–Crippen MR) is 78.5 cm³/mol. The fourth-order valence-electron chi connectivity index (χ4n) is 4.04. The van der Waals surface area contributed by atoms with E-state index in [0.29, 0.717) is 31.5 Å². The SMILES string of the molecule is C[C@@H](O)[C@H]1C(=O)N2C(C(=O)O)=C([C@@H]3CCN(C(=N)CF)C3)C[C@H]12. The van der Waals surface area contributed by atoms with Crippen molar-refractivity contribution in [3.8, 4) is 0 Å². The predicted octanol–water partition coefficient (Wildman–Crippen LogP) is 0.205. The van der Waals surface area contributed by atoms with Crippen LogP contribution in [0.5, 0.6) is 0 Å². The second kappa shape index (κ2) is 5.59. The zero-order valence-electron chi connectivity index (χ0n) is 12.8. The lowest BCUT2D eigenvalue weighted by Crippen LogP contribution is -2.61. The molecule has 1 amide bonds. The molecule has 2 saturated heterocycles. The maximum Gasteiger partial charge on any atom is 0.352 e. The van der Waals surface area contributed by atoms with E-state index in [1.165, 1.54) is 11.8 Å². The van der Waals surface area contributed by atoms with Crippen molar-refractivity contribution in [2.45, 2.75) is 31.9 Å². The molecule has 2 fully saturated rings. The molecule has 3 heterocycles. The molecule has 0 aromatic heterocycles. The van der Waals surface area contributed by atoms with Crippen LogP contribution < -0.4 is 0 Å². The Balaban J connectivity index is 1.83. The summed E-state index contributed by atoms with van der Waals surface area (Å²) < 4.78 is 12.6. The number of hydrogen-bond donors (Lipinski definition) is 3. The number of aliphatic hydroxyl groups is 1. The van der Waals surface area contributed by atoms with Crippen molar-refractivity contribution in [2.75, 3.05) is 19.8 Å². The lowest BCUT2D eigenvalue weighted by Gasteiger charge is -2.44. The summed E-state index contributed by atoms with van der Waals surface area (Å²) in [5.41, 5.74) is 0.712. The van der Waals surface area contributed by atoms with Gasteiger partial charge < -0.3 is 20.0 Å². The standard InChI is InChI=1S/C15H20FN3O4/c1-7(20)12-10-4-9(13(15(22)23)19(10)14(12)21)8-2-3-18(6-8)11(17)5-16/h7-8,10,12,17,20H,2-6H2,1H3,(H,22,23)/t7-,8-,10-,12-/m1/s1. The van der Waals surface area contributed by atoms with Crippen LogP contribution in [0.3, 0.4) is 0 Å². The second-order valence-corrected chi connectivity index (χ2v) is 6.44. The number of nitrogens with one attached hydrogen (secondary N) is 1. The van der Waals surface area contributed by atoms with Gasteiger partial charge in [-0.3, -0.25) is 10.2 Å². The molecule has 8 heteroatoms. The van der Waals surface area contributed by atoms with Gasteiger partial charge in [0.25, 0.3) is 0 Å². The van der Waals surface area contributed by atoms with E-state index >= 15 is 0 Å². The Hall–Kier alpha value is -1.96. The van der Waals surface area contributed by atoms with E-state index in [1.54, 1.807) is 4.90 Å². The van der Waals surface area contributed by atoms with Gasteiger partial charge >= 0.3 is 5.97 Å².